The van der Waals surface area contributed by atoms with Crippen LogP contribution in [0.15, 0.2) is 15.4 Å². The highest BCUT2D eigenvalue weighted by molar-refractivity contribution is 6.57. The van der Waals surface area contributed by atoms with E-state index in [1.807, 2.05) is 0 Å². The molecule has 60 valence electrons. The Balaban J connectivity index is 3.08. The van der Waals surface area contributed by atoms with Gasteiger partial charge in [0.1, 0.15) is 4.49 Å². The summed E-state index contributed by atoms with van der Waals surface area (Å²) in [5.74, 6) is 0. The minimum Gasteiger partial charge on any atom is -0.296 e. The van der Waals surface area contributed by atoms with Crippen molar-refractivity contribution in [3.8, 4) is 0 Å². The molecule has 0 fully saturated rings. The van der Waals surface area contributed by atoms with Crippen molar-refractivity contribution in [1.29, 1.82) is 0 Å². The second-order valence-electron chi connectivity index (χ2n) is 2.04. The van der Waals surface area contributed by atoms with Gasteiger partial charge < -0.3 is 0 Å². The SMILES string of the molecule is Cn1[nH]c(C=C(Cl)Cl)cc1=O. The fourth-order valence-electron chi connectivity index (χ4n) is 0.702. The molecule has 1 rings (SSSR count). The van der Waals surface area contributed by atoms with E-state index < -0.39 is 0 Å². The first-order valence-corrected chi connectivity index (χ1v) is 3.64. The predicted octanol–water partition coefficient (Wildman–Crippen LogP) is 1.49. The molecule has 0 unspecified atom stereocenters. The van der Waals surface area contributed by atoms with Crippen LogP contribution in [0.4, 0.5) is 0 Å². The smallest absolute Gasteiger partial charge is 0.266 e. The number of aromatic amines is 1. The maximum atomic E-state index is 10.8. The maximum Gasteiger partial charge on any atom is 0.266 e. The Bertz CT molecular complexity index is 333. The molecule has 3 nitrogen and oxygen atoms in total. The van der Waals surface area contributed by atoms with Gasteiger partial charge in [-0.3, -0.25) is 14.6 Å². The number of hydrogen-bond donors (Lipinski definition) is 1. The van der Waals surface area contributed by atoms with Crippen LogP contribution in [0.1, 0.15) is 5.69 Å². The molecule has 1 N–H and O–H groups in total. The Morgan fingerprint density at radius 2 is 2.36 bits per heavy atom. The van der Waals surface area contributed by atoms with Gasteiger partial charge in [0.2, 0.25) is 0 Å². The molecule has 0 aliphatic rings. The van der Waals surface area contributed by atoms with Gasteiger partial charge in [-0.05, 0) is 6.08 Å². The lowest BCUT2D eigenvalue weighted by molar-refractivity contribution is 0.737. The molecule has 1 heterocycles. The van der Waals surface area contributed by atoms with Crippen molar-refractivity contribution in [2.45, 2.75) is 0 Å². The van der Waals surface area contributed by atoms with Crippen LogP contribution in [0.25, 0.3) is 6.08 Å². The molecular formula is C6H6Cl2N2O. The van der Waals surface area contributed by atoms with E-state index in [1.165, 1.54) is 16.8 Å². The Morgan fingerprint density at radius 1 is 1.73 bits per heavy atom. The molecule has 0 spiro atoms. The topological polar surface area (TPSA) is 37.8 Å². The van der Waals surface area contributed by atoms with E-state index in [9.17, 15) is 4.79 Å². The number of nitrogens with zero attached hydrogens (tertiary/aromatic N) is 1. The summed E-state index contributed by atoms with van der Waals surface area (Å²) in [6, 6.07) is 1.41. The van der Waals surface area contributed by atoms with Crippen LogP contribution in [0.2, 0.25) is 0 Å². The van der Waals surface area contributed by atoms with E-state index >= 15 is 0 Å². The molecule has 1 aromatic rings. The molecule has 1 aromatic heterocycles. The van der Waals surface area contributed by atoms with Gasteiger partial charge in [-0.15, -0.1) is 0 Å². The van der Waals surface area contributed by atoms with Crippen molar-refractivity contribution in [2.24, 2.45) is 7.05 Å². The van der Waals surface area contributed by atoms with E-state index in [0.29, 0.717) is 5.69 Å². The lowest BCUT2D eigenvalue weighted by atomic mass is 10.4. The fraction of sp³-hybridized carbons (Fsp3) is 0.167. The summed E-state index contributed by atoms with van der Waals surface area (Å²) in [6.45, 7) is 0. The van der Waals surface area contributed by atoms with Gasteiger partial charge in [-0.1, -0.05) is 23.2 Å². The first kappa shape index (κ1) is 8.43. The highest BCUT2D eigenvalue weighted by atomic mass is 35.5. The quantitative estimate of drug-likeness (QED) is 0.720. The molecule has 5 heteroatoms. The zero-order valence-corrected chi connectivity index (χ0v) is 7.28. The highest BCUT2D eigenvalue weighted by Gasteiger charge is 1.95. The zero-order valence-electron chi connectivity index (χ0n) is 5.77. The molecule has 0 bridgehead atoms. The van der Waals surface area contributed by atoms with Crippen molar-refractivity contribution in [2.75, 3.05) is 0 Å². The molecular weight excluding hydrogens is 187 g/mol. The third-order valence-electron chi connectivity index (χ3n) is 1.17. The average Bonchev–Trinajstić information content (AvgIpc) is 2.10. The summed E-state index contributed by atoms with van der Waals surface area (Å²) in [7, 11) is 1.61. The molecule has 0 amide bonds. The summed E-state index contributed by atoms with van der Waals surface area (Å²) >= 11 is 10.7. The van der Waals surface area contributed by atoms with E-state index in [-0.39, 0.29) is 10.1 Å². The van der Waals surface area contributed by atoms with Gasteiger partial charge in [-0.2, -0.15) is 0 Å². The normalized spacial score (nSPS) is 9.73. The second-order valence-corrected chi connectivity index (χ2v) is 3.05. The minimum atomic E-state index is -0.120. The van der Waals surface area contributed by atoms with Crippen molar-refractivity contribution in [3.63, 3.8) is 0 Å². The lowest BCUT2D eigenvalue weighted by Crippen LogP contribution is -2.09. The first-order valence-electron chi connectivity index (χ1n) is 2.88. The van der Waals surface area contributed by atoms with Crippen LogP contribution in [0.5, 0.6) is 0 Å². The van der Waals surface area contributed by atoms with Crippen molar-refractivity contribution >= 4 is 29.3 Å². The summed E-state index contributed by atoms with van der Waals surface area (Å²) in [4.78, 5) is 10.8. The molecule has 0 saturated heterocycles. The molecule has 0 aliphatic carbocycles. The largest absolute Gasteiger partial charge is 0.296 e. The number of aryl methyl sites for hydroxylation is 1. The number of H-pyrrole nitrogens is 1. The Kier molecular flexibility index (Phi) is 2.42. The standard InChI is InChI=1S/C6H6Cl2N2O/c1-10-6(11)3-4(9-10)2-5(7)8/h2-3,9H,1H3. The fourth-order valence-corrected chi connectivity index (χ4v) is 0.937. The molecule has 0 aromatic carbocycles. The molecule has 11 heavy (non-hydrogen) atoms. The third-order valence-corrected chi connectivity index (χ3v) is 1.39. The highest BCUT2D eigenvalue weighted by Crippen LogP contribution is 2.10. The monoisotopic (exact) mass is 192 g/mol. The molecule has 0 atom stereocenters. The number of rotatable bonds is 1. The summed E-state index contributed by atoms with van der Waals surface area (Å²) in [5.41, 5.74) is 0.475. The second kappa shape index (κ2) is 3.15. The van der Waals surface area contributed by atoms with Crippen LogP contribution in [-0.2, 0) is 7.05 Å². The van der Waals surface area contributed by atoms with Crippen molar-refractivity contribution in [1.82, 2.24) is 9.78 Å². The van der Waals surface area contributed by atoms with E-state index in [4.69, 9.17) is 23.2 Å². The summed E-state index contributed by atoms with van der Waals surface area (Å²) in [6.07, 6.45) is 1.46. The van der Waals surface area contributed by atoms with Gasteiger partial charge in [-0.25, -0.2) is 0 Å². The summed E-state index contributed by atoms with van der Waals surface area (Å²) < 4.78 is 1.45. The lowest BCUT2D eigenvalue weighted by Gasteiger charge is -1.86. The molecule has 0 aliphatic heterocycles. The van der Waals surface area contributed by atoms with Crippen LogP contribution >= 0.6 is 23.2 Å². The number of hydrogen-bond acceptors (Lipinski definition) is 1. The predicted molar refractivity (Wildman–Crippen MR) is 45.7 cm³/mol. The van der Waals surface area contributed by atoms with E-state index in [1.54, 1.807) is 7.05 Å². The maximum absolute atomic E-state index is 10.8. The molecule has 0 radical (unpaired) electrons. The van der Waals surface area contributed by atoms with E-state index in [2.05, 4.69) is 5.10 Å². The van der Waals surface area contributed by atoms with E-state index in [0.717, 1.165) is 0 Å². The number of nitrogens with one attached hydrogen (secondary N) is 1. The van der Waals surface area contributed by atoms with Crippen LogP contribution < -0.4 is 5.56 Å². The van der Waals surface area contributed by atoms with Gasteiger partial charge in [0.25, 0.3) is 5.56 Å². The average molecular weight is 193 g/mol. The number of aromatic nitrogens is 2. The number of halogens is 2. The summed E-state index contributed by atoms with van der Waals surface area (Å²) in [5, 5.41) is 2.73. The van der Waals surface area contributed by atoms with Crippen LogP contribution in [0.3, 0.4) is 0 Å². The first-order chi connectivity index (χ1) is 5.09. The van der Waals surface area contributed by atoms with Crippen molar-refractivity contribution in [3.05, 3.63) is 26.6 Å². The van der Waals surface area contributed by atoms with Gasteiger partial charge >= 0.3 is 0 Å². The third kappa shape index (κ3) is 2.13. The van der Waals surface area contributed by atoms with Gasteiger partial charge in [0.15, 0.2) is 0 Å². The van der Waals surface area contributed by atoms with Crippen LogP contribution in [0, 0.1) is 0 Å². The van der Waals surface area contributed by atoms with Gasteiger partial charge in [0.05, 0.1) is 5.69 Å². The molecule has 0 saturated carbocycles. The zero-order chi connectivity index (χ0) is 8.43. The minimum absolute atomic E-state index is 0.117. The van der Waals surface area contributed by atoms with Crippen molar-refractivity contribution < 1.29 is 0 Å². The van der Waals surface area contributed by atoms with Gasteiger partial charge in [0, 0.05) is 13.1 Å². The van der Waals surface area contributed by atoms with Crippen LogP contribution in [-0.4, -0.2) is 9.78 Å². The Labute approximate surface area is 73.2 Å². The Morgan fingerprint density at radius 3 is 2.73 bits per heavy atom. The Hall–Kier alpha value is -0.670.